The van der Waals surface area contributed by atoms with Crippen LogP contribution >= 0.6 is 0 Å². The third-order valence-electron chi connectivity index (χ3n) is 3.32. The number of halogens is 1. The number of aromatic nitrogens is 1. The van der Waals surface area contributed by atoms with Gasteiger partial charge in [0, 0.05) is 37.5 Å². The predicted molar refractivity (Wildman–Crippen MR) is 64.5 cm³/mol. The van der Waals surface area contributed by atoms with Crippen molar-refractivity contribution >= 4 is 5.91 Å². The Morgan fingerprint density at radius 1 is 1.61 bits per heavy atom. The van der Waals surface area contributed by atoms with E-state index in [4.69, 9.17) is 5.11 Å². The van der Waals surface area contributed by atoms with E-state index in [-0.39, 0.29) is 12.5 Å². The van der Waals surface area contributed by atoms with Gasteiger partial charge in [-0.1, -0.05) is 0 Å². The number of rotatable bonds is 3. The van der Waals surface area contributed by atoms with Crippen molar-refractivity contribution in [3.05, 3.63) is 29.8 Å². The molecule has 18 heavy (non-hydrogen) atoms. The number of amides is 1. The number of nitrogens with zero attached hydrogens (tertiary/aromatic N) is 2. The maximum Gasteiger partial charge on any atom is 0.254 e. The Balaban J connectivity index is 2.04. The van der Waals surface area contributed by atoms with Gasteiger partial charge >= 0.3 is 0 Å². The molecular formula is C13H17FN2O2. The SMILES string of the molecule is O=C(c1ccnc(F)c1)N1CCCC(CCO)C1. The molecule has 1 unspecified atom stereocenters. The first kappa shape index (κ1) is 13.0. The van der Waals surface area contributed by atoms with Gasteiger partial charge < -0.3 is 10.0 Å². The highest BCUT2D eigenvalue weighted by atomic mass is 19.1. The number of carbonyl (C=O) groups excluding carboxylic acids is 1. The number of piperidine rings is 1. The minimum absolute atomic E-state index is 0.149. The fourth-order valence-corrected chi connectivity index (χ4v) is 2.39. The number of aliphatic hydroxyl groups is 1. The summed E-state index contributed by atoms with van der Waals surface area (Å²) in [5.74, 6) is -0.442. The van der Waals surface area contributed by atoms with Crippen molar-refractivity contribution in [3.8, 4) is 0 Å². The zero-order valence-corrected chi connectivity index (χ0v) is 10.2. The van der Waals surface area contributed by atoms with Gasteiger partial charge in [0.1, 0.15) is 0 Å². The van der Waals surface area contributed by atoms with Crippen molar-refractivity contribution in [2.45, 2.75) is 19.3 Å². The average molecular weight is 252 g/mol. The van der Waals surface area contributed by atoms with E-state index in [9.17, 15) is 9.18 Å². The van der Waals surface area contributed by atoms with Gasteiger partial charge in [0.25, 0.3) is 5.91 Å². The lowest BCUT2D eigenvalue weighted by atomic mass is 9.95. The summed E-state index contributed by atoms with van der Waals surface area (Å²) in [4.78, 5) is 17.3. The van der Waals surface area contributed by atoms with Gasteiger partial charge in [-0.25, -0.2) is 4.98 Å². The summed E-state index contributed by atoms with van der Waals surface area (Å²) in [6.07, 6.45) is 3.99. The fraction of sp³-hybridized carbons (Fsp3) is 0.538. The highest BCUT2D eigenvalue weighted by molar-refractivity contribution is 5.94. The van der Waals surface area contributed by atoms with Crippen LogP contribution in [0.25, 0.3) is 0 Å². The van der Waals surface area contributed by atoms with Gasteiger partial charge in [-0.3, -0.25) is 4.79 Å². The molecule has 0 aromatic carbocycles. The number of carbonyl (C=O) groups is 1. The zero-order valence-electron chi connectivity index (χ0n) is 10.2. The molecule has 1 N–H and O–H groups in total. The van der Waals surface area contributed by atoms with Crippen LogP contribution in [0.15, 0.2) is 18.3 Å². The van der Waals surface area contributed by atoms with Crippen LogP contribution in [0.4, 0.5) is 4.39 Å². The molecule has 0 saturated carbocycles. The molecule has 2 rings (SSSR count). The van der Waals surface area contributed by atoms with Crippen LogP contribution < -0.4 is 0 Å². The third-order valence-corrected chi connectivity index (χ3v) is 3.32. The highest BCUT2D eigenvalue weighted by Gasteiger charge is 2.24. The molecule has 1 aliphatic heterocycles. The molecule has 1 fully saturated rings. The fourth-order valence-electron chi connectivity index (χ4n) is 2.39. The van der Waals surface area contributed by atoms with E-state index in [1.807, 2.05) is 0 Å². The van der Waals surface area contributed by atoms with Gasteiger partial charge in [0.05, 0.1) is 0 Å². The molecule has 98 valence electrons. The monoisotopic (exact) mass is 252 g/mol. The van der Waals surface area contributed by atoms with E-state index in [2.05, 4.69) is 4.98 Å². The van der Waals surface area contributed by atoms with Crippen LogP contribution in [0, 0.1) is 11.9 Å². The largest absolute Gasteiger partial charge is 0.396 e. The molecule has 1 aromatic rings. The second-order valence-electron chi connectivity index (χ2n) is 4.64. The molecule has 0 bridgehead atoms. The van der Waals surface area contributed by atoms with Gasteiger partial charge in [0.15, 0.2) is 0 Å². The van der Waals surface area contributed by atoms with Crippen LogP contribution in [0.1, 0.15) is 29.6 Å². The Morgan fingerprint density at radius 2 is 2.44 bits per heavy atom. The Hall–Kier alpha value is -1.49. The van der Waals surface area contributed by atoms with E-state index in [1.165, 1.54) is 12.3 Å². The topological polar surface area (TPSA) is 53.4 Å². The molecule has 2 heterocycles. The lowest BCUT2D eigenvalue weighted by molar-refractivity contribution is 0.0653. The molecule has 5 heteroatoms. The Bertz CT molecular complexity index is 423. The first-order valence-corrected chi connectivity index (χ1v) is 6.22. The van der Waals surface area contributed by atoms with Crippen LogP contribution in [0.5, 0.6) is 0 Å². The van der Waals surface area contributed by atoms with Crippen molar-refractivity contribution in [2.24, 2.45) is 5.92 Å². The highest BCUT2D eigenvalue weighted by Crippen LogP contribution is 2.20. The minimum Gasteiger partial charge on any atom is -0.396 e. The van der Waals surface area contributed by atoms with Gasteiger partial charge in [-0.2, -0.15) is 4.39 Å². The predicted octanol–water partition coefficient (Wildman–Crippen LogP) is 1.46. The van der Waals surface area contributed by atoms with Crippen molar-refractivity contribution < 1.29 is 14.3 Å². The van der Waals surface area contributed by atoms with Crippen LogP contribution in [-0.2, 0) is 0 Å². The summed E-state index contributed by atoms with van der Waals surface area (Å²) in [6, 6.07) is 2.69. The molecule has 1 aliphatic rings. The first-order chi connectivity index (χ1) is 8.70. The number of aliphatic hydroxyl groups excluding tert-OH is 1. The number of likely N-dealkylation sites (tertiary alicyclic amines) is 1. The smallest absolute Gasteiger partial charge is 0.254 e. The molecule has 1 aromatic heterocycles. The summed E-state index contributed by atoms with van der Waals surface area (Å²) in [7, 11) is 0. The summed E-state index contributed by atoms with van der Waals surface area (Å²) >= 11 is 0. The van der Waals surface area contributed by atoms with E-state index in [0.29, 0.717) is 31.0 Å². The van der Waals surface area contributed by atoms with E-state index in [0.717, 1.165) is 18.9 Å². The Labute approximate surface area is 105 Å². The second-order valence-corrected chi connectivity index (χ2v) is 4.64. The summed E-state index contributed by atoms with van der Waals surface area (Å²) < 4.78 is 13.0. The quantitative estimate of drug-likeness (QED) is 0.828. The average Bonchev–Trinajstić information content (AvgIpc) is 2.39. The molecule has 0 spiro atoms. The lowest BCUT2D eigenvalue weighted by Crippen LogP contribution is -2.40. The van der Waals surface area contributed by atoms with Gasteiger partial charge in [0.2, 0.25) is 5.95 Å². The van der Waals surface area contributed by atoms with E-state index < -0.39 is 5.95 Å². The standard InChI is InChI=1S/C13H17FN2O2/c14-12-8-11(3-5-15-12)13(18)16-6-1-2-10(9-16)4-7-17/h3,5,8,10,17H,1-2,4,6-7,9H2. The lowest BCUT2D eigenvalue weighted by Gasteiger charge is -2.32. The van der Waals surface area contributed by atoms with Crippen molar-refractivity contribution in [1.29, 1.82) is 0 Å². The molecule has 1 saturated heterocycles. The number of hydrogen-bond donors (Lipinski definition) is 1. The molecular weight excluding hydrogens is 235 g/mol. The zero-order chi connectivity index (χ0) is 13.0. The maximum atomic E-state index is 13.0. The van der Waals surface area contributed by atoms with Gasteiger partial charge in [-0.05, 0) is 31.2 Å². The van der Waals surface area contributed by atoms with Crippen molar-refractivity contribution in [3.63, 3.8) is 0 Å². The van der Waals surface area contributed by atoms with E-state index >= 15 is 0 Å². The second kappa shape index (κ2) is 5.91. The Morgan fingerprint density at radius 3 is 3.17 bits per heavy atom. The first-order valence-electron chi connectivity index (χ1n) is 6.22. The number of pyridine rings is 1. The number of hydrogen-bond acceptors (Lipinski definition) is 3. The van der Waals surface area contributed by atoms with Gasteiger partial charge in [-0.15, -0.1) is 0 Å². The summed E-state index contributed by atoms with van der Waals surface area (Å²) in [5.41, 5.74) is 0.340. The van der Waals surface area contributed by atoms with E-state index in [1.54, 1.807) is 4.90 Å². The molecule has 0 radical (unpaired) electrons. The third kappa shape index (κ3) is 3.04. The minimum atomic E-state index is -0.634. The molecule has 1 atom stereocenters. The molecule has 0 aliphatic carbocycles. The van der Waals surface area contributed by atoms with Crippen LogP contribution in [0.2, 0.25) is 0 Å². The molecule has 1 amide bonds. The van der Waals surface area contributed by atoms with Crippen molar-refractivity contribution in [1.82, 2.24) is 9.88 Å². The summed E-state index contributed by atoms with van der Waals surface area (Å²) in [5, 5.41) is 8.94. The van der Waals surface area contributed by atoms with Crippen molar-refractivity contribution in [2.75, 3.05) is 19.7 Å². The Kier molecular flexibility index (Phi) is 4.25. The van der Waals surface area contributed by atoms with Crippen LogP contribution in [-0.4, -0.2) is 40.6 Å². The molecule has 4 nitrogen and oxygen atoms in total. The maximum absolute atomic E-state index is 13.0. The normalized spacial score (nSPS) is 19.9. The summed E-state index contributed by atoms with van der Waals surface area (Å²) in [6.45, 7) is 1.49. The van der Waals surface area contributed by atoms with Crippen LogP contribution in [0.3, 0.4) is 0 Å².